The lowest BCUT2D eigenvalue weighted by atomic mass is 9.73. The van der Waals surface area contributed by atoms with Crippen LogP contribution in [0.25, 0.3) is 10.9 Å². The van der Waals surface area contributed by atoms with Gasteiger partial charge in [-0.05, 0) is 53.1 Å². The summed E-state index contributed by atoms with van der Waals surface area (Å²) in [4.78, 5) is 15.7. The van der Waals surface area contributed by atoms with Gasteiger partial charge in [-0.1, -0.05) is 26.0 Å². The summed E-state index contributed by atoms with van der Waals surface area (Å²) in [5.74, 6) is -0.365. The first-order valence-electron chi connectivity index (χ1n) is 11.9. The van der Waals surface area contributed by atoms with E-state index in [0.29, 0.717) is 30.6 Å². The second-order valence-corrected chi connectivity index (χ2v) is 10.2. The molecule has 1 aromatic heterocycles. The summed E-state index contributed by atoms with van der Waals surface area (Å²) in [7, 11) is 1.36. The van der Waals surface area contributed by atoms with Crippen LogP contribution in [-0.4, -0.2) is 60.0 Å². The number of carbonyl (C=O) groups excluding carboxylic acids is 1. The maximum absolute atomic E-state index is 14.3. The van der Waals surface area contributed by atoms with E-state index in [1.807, 2.05) is 6.07 Å². The van der Waals surface area contributed by atoms with Gasteiger partial charge in [0.25, 0.3) is 0 Å². The SMILES string of the molecule is COc1ccc(F)cc1C(C)(C)CC(O)(Cc1cc2ccc(C3CN(C=O)CCO3)cc2[nH]1)C(F)(F)F. The first-order chi connectivity index (χ1) is 17.3. The van der Waals surface area contributed by atoms with Gasteiger partial charge in [0.2, 0.25) is 6.41 Å². The largest absolute Gasteiger partial charge is 0.496 e. The molecule has 0 radical (unpaired) electrons. The van der Waals surface area contributed by atoms with Crippen molar-refractivity contribution in [3.05, 3.63) is 65.1 Å². The number of H-pyrrole nitrogens is 1. The van der Waals surface area contributed by atoms with Crippen molar-refractivity contribution in [2.45, 2.75) is 50.0 Å². The van der Waals surface area contributed by atoms with Gasteiger partial charge in [0, 0.05) is 29.7 Å². The first kappa shape index (κ1) is 26.9. The van der Waals surface area contributed by atoms with Gasteiger partial charge in [-0.15, -0.1) is 0 Å². The number of rotatable bonds is 8. The second kappa shape index (κ2) is 9.98. The minimum absolute atomic E-state index is 0.202. The minimum atomic E-state index is -4.96. The number of carbonyl (C=O) groups is 1. The zero-order valence-electron chi connectivity index (χ0n) is 20.9. The lowest BCUT2D eigenvalue weighted by Gasteiger charge is -2.38. The van der Waals surface area contributed by atoms with E-state index in [4.69, 9.17) is 9.47 Å². The average Bonchev–Trinajstić information content (AvgIpc) is 3.24. The highest BCUT2D eigenvalue weighted by Gasteiger charge is 2.56. The van der Waals surface area contributed by atoms with Gasteiger partial charge in [-0.25, -0.2) is 4.39 Å². The normalized spacial score (nSPS) is 18.6. The van der Waals surface area contributed by atoms with Crippen LogP contribution >= 0.6 is 0 Å². The third-order valence-corrected chi connectivity index (χ3v) is 6.96. The van der Waals surface area contributed by atoms with Crippen LogP contribution < -0.4 is 4.74 Å². The molecule has 0 bridgehead atoms. The fraction of sp³-hybridized carbons (Fsp3) is 0.444. The molecule has 1 amide bonds. The number of aromatic amines is 1. The number of nitrogens with zero attached hydrogens (tertiary/aromatic N) is 1. The van der Waals surface area contributed by atoms with E-state index < -0.39 is 35.9 Å². The molecule has 2 heterocycles. The molecular formula is C27H30F4N2O4. The van der Waals surface area contributed by atoms with E-state index in [9.17, 15) is 27.5 Å². The Bertz CT molecular complexity index is 1270. The predicted molar refractivity (Wildman–Crippen MR) is 130 cm³/mol. The predicted octanol–water partition coefficient (Wildman–Crippen LogP) is 5.05. The second-order valence-electron chi connectivity index (χ2n) is 10.2. The molecule has 1 aliphatic heterocycles. The molecular weight excluding hydrogens is 492 g/mol. The molecule has 0 spiro atoms. The van der Waals surface area contributed by atoms with Gasteiger partial charge < -0.3 is 24.5 Å². The van der Waals surface area contributed by atoms with E-state index in [-0.39, 0.29) is 23.1 Å². The average molecular weight is 523 g/mol. The Kier molecular flexibility index (Phi) is 7.27. The van der Waals surface area contributed by atoms with Crippen molar-refractivity contribution in [3.63, 3.8) is 0 Å². The van der Waals surface area contributed by atoms with Crippen molar-refractivity contribution in [1.82, 2.24) is 9.88 Å². The standard InChI is InChI=1S/C27H30F4N2O4/c1-25(2,21-12-19(28)6-7-23(21)36-3)15-26(35,27(29,30)31)13-20-10-17-4-5-18(11-22(17)32-20)24-14-33(16-34)8-9-37-24/h4-7,10-12,16,24,32,35H,8-9,13-15H2,1-3H3. The number of morpholine rings is 1. The van der Waals surface area contributed by atoms with Crippen LogP contribution in [0.15, 0.2) is 42.5 Å². The molecule has 200 valence electrons. The van der Waals surface area contributed by atoms with Crippen LogP contribution in [0.2, 0.25) is 0 Å². The zero-order chi connectivity index (χ0) is 27.0. The molecule has 6 nitrogen and oxygen atoms in total. The van der Waals surface area contributed by atoms with Gasteiger partial charge in [0.15, 0.2) is 5.60 Å². The van der Waals surface area contributed by atoms with Crippen molar-refractivity contribution in [2.24, 2.45) is 0 Å². The Hall–Kier alpha value is -3.11. The Morgan fingerprint density at radius 3 is 2.62 bits per heavy atom. The minimum Gasteiger partial charge on any atom is -0.496 e. The Morgan fingerprint density at radius 2 is 1.95 bits per heavy atom. The number of amides is 1. The van der Waals surface area contributed by atoms with E-state index >= 15 is 0 Å². The summed E-state index contributed by atoms with van der Waals surface area (Å²) < 4.78 is 67.9. The fourth-order valence-corrected chi connectivity index (χ4v) is 5.08. The zero-order valence-corrected chi connectivity index (χ0v) is 20.9. The highest BCUT2D eigenvalue weighted by molar-refractivity contribution is 5.81. The van der Waals surface area contributed by atoms with Crippen LogP contribution in [0.5, 0.6) is 5.75 Å². The summed E-state index contributed by atoms with van der Waals surface area (Å²) in [6.45, 7) is 4.32. The van der Waals surface area contributed by atoms with Gasteiger partial charge >= 0.3 is 6.18 Å². The van der Waals surface area contributed by atoms with Crippen LogP contribution in [0.4, 0.5) is 17.6 Å². The molecule has 4 rings (SSSR count). The molecule has 1 saturated heterocycles. The summed E-state index contributed by atoms with van der Waals surface area (Å²) in [6, 6.07) is 10.6. The molecule has 10 heteroatoms. The highest BCUT2D eigenvalue weighted by atomic mass is 19.4. The summed E-state index contributed by atoms with van der Waals surface area (Å²) in [5.41, 5.74) is -2.56. The van der Waals surface area contributed by atoms with Crippen molar-refractivity contribution < 1.29 is 36.9 Å². The molecule has 2 unspecified atom stereocenters. The molecule has 2 aromatic carbocycles. The first-order valence-corrected chi connectivity index (χ1v) is 11.9. The summed E-state index contributed by atoms with van der Waals surface area (Å²) in [6.07, 6.45) is -5.98. The molecule has 1 aliphatic rings. The van der Waals surface area contributed by atoms with Gasteiger partial charge in [0.1, 0.15) is 17.7 Å². The monoisotopic (exact) mass is 522 g/mol. The number of methoxy groups -OCH3 is 1. The molecule has 3 aromatic rings. The van der Waals surface area contributed by atoms with Crippen LogP contribution in [0.1, 0.15) is 43.2 Å². The third kappa shape index (κ3) is 5.60. The van der Waals surface area contributed by atoms with E-state index in [0.717, 1.165) is 18.0 Å². The Labute approximate surface area is 212 Å². The van der Waals surface area contributed by atoms with Crippen molar-refractivity contribution in [3.8, 4) is 5.75 Å². The third-order valence-electron chi connectivity index (χ3n) is 6.96. The number of halogens is 4. The van der Waals surface area contributed by atoms with Crippen molar-refractivity contribution in [2.75, 3.05) is 26.8 Å². The quantitative estimate of drug-likeness (QED) is 0.321. The van der Waals surface area contributed by atoms with E-state index in [2.05, 4.69) is 4.98 Å². The summed E-state index contributed by atoms with van der Waals surface area (Å²) >= 11 is 0. The Balaban J connectivity index is 1.63. The smallest absolute Gasteiger partial charge is 0.417 e. The lowest BCUT2D eigenvalue weighted by molar-refractivity contribution is -0.266. The number of aromatic nitrogens is 1. The Morgan fingerprint density at radius 1 is 1.19 bits per heavy atom. The molecule has 37 heavy (non-hydrogen) atoms. The number of hydrogen-bond acceptors (Lipinski definition) is 4. The molecule has 2 atom stereocenters. The van der Waals surface area contributed by atoms with Gasteiger partial charge in [-0.2, -0.15) is 13.2 Å². The highest BCUT2D eigenvalue weighted by Crippen LogP contribution is 2.45. The van der Waals surface area contributed by atoms with Crippen LogP contribution in [0, 0.1) is 5.82 Å². The number of alkyl halides is 3. The van der Waals surface area contributed by atoms with Crippen LogP contribution in [0.3, 0.4) is 0 Å². The number of nitrogens with one attached hydrogen (secondary N) is 1. The van der Waals surface area contributed by atoms with Gasteiger partial charge in [0.05, 0.1) is 20.3 Å². The fourth-order valence-electron chi connectivity index (χ4n) is 5.08. The number of aliphatic hydroxyl groups is 1. The molecule has 0 aliphatic carbocycles. The van der Waals surface area contributed by atoms with E-state index in [1.165, 1.54) is 33.1 Å². The lowest BCUT2D eigenvalue weighted by Crippen LogP contribution is -2.51. The van der Waals surface area contributed by atoms with Crippen molar-refractivity contribution in [1.29, 1.82) is 0 Å². The van der Waals surface area contributed by atoms with Crippen LogP contribution in [-0.2, 0) is 21.4 Å². The maximum Gasteiger partial charge on any atom is 0.417 e. The number of hydrogen-bond donors (Lipinski definition) is 2. The molecule has 2 N–H and O–H groups in total. The molecule has 0 saturated carbocycles. The molecule has 1 fully saturated rings. The maximum atomic E-state index is 14.3. The van der Waals surface area contributed by atoms with Gasteiger partial charge in [-0.3, -0.25) is 4.79 Å². The number of ether oxygens (including phenoxy) is 2. The van der Waals surface area contributed by atoms with Crippen molar-refractivity contribution >= 4 is 17.3 Å². The topological polar surface area (TPSA) is 74.8 Å². The summed E-state index contributed by atoms with van der Waals surface area (Å²) in [5, 5.41) is 11.7. The van der Waals surface area contributed by atoms with E-state index in [1.54, 1.807) is 23.1 Å². The number of fused-ring (bicyclic) bond motifs is 1. The number of benzene rings is 2.